The Morgan fingerprint density at radius 3 is 2.94 bits per heavy atom. The first kappa shape index (κ1) is 13.2. The summed E-state index contributed by atoms with van der Waals surface area (Å²) in [6.45, 7) is 2.06. The van der Waals surface area contributed by atoms with Gasteiger partial charge in [0, 0.05) is 0 Å². The Bertz CT molecular complexity index is 486. The minimum atomic E-state index is -1.32. The molecule has 0 radical (unpaired) electrons. The monoisotopic (exact) mass is 316 g/mol. The lowest BCUT2D eigenvalue weighted by atomic mass is 9.99. The van der Waals surface area contributed by atoms with Crippen LogP contribution in [-0.4, -0.2) is 25.0 Å². The summed E-state index contributed by atoms with van der Waals surface area (Å²) in [5, 5.41) is 9.96. The van der Waals surface area contributed by atoms with Gasteiger partial charge in [-0.15, -0.1) is 0 Å². The quantitative estimate of drug-likeness (QED) is 0.863. The molecule has 0 amide bonds. The fraction of sp³-hybridized carbons (Fsp3) is 0.417. The summed E-state index contributed by atoms with van der Waals surface area (Å²) in [6.07, 6.45) is -0.684. The van der Waals surface area contributed by atoms with Gasteiger partial charge in [0.05, 0.1) is 11.6 Å². The molecule has 1 aliphatic heterocycles. The Hall–Kier alpha value is -1.27. The zero-order valence-electron chi connectivity index (χ0n) is 10.0. The van der Waals surface area contributed by atoms with Crippen molar-refractivity contribution >= 4 is 21.9 Å². The molecule has 1 aromatic carbocycles. The molecule has 0 fully saturated rings. The Morgan fingerprint density at radius 2 is 2.33 bits per heavy atom. The molecule has 1 heterocycles. The van der Waals surface area contributed by atoms with E-state index in [0.717, 1.165) is 5.56 Å². The normalized spacial score (nSPS) is 14.4. The lowest BCUT2D eigenvalue weighted by molar-refractivity contribution is -0.150. The van der Waals surface area contributed by atoms with Gasteiger partial charge >= 0.3 is 5.97 Å². The van der Waals surface area contributed by atoms with Crippen molar-refractivity contribution in [2.75, 3.05) is 13.9 Å². The van der Waals surface area contributed by atoms with Gasteiger partial charge in [-0.25, -0.2) is 4.79 Å². The molecule has 5 nitrogen and oxygen atoms in total. The zero-order valence-corrected chi connectivity index (χ0v) is 11.6. The van der Waals surface area contributed by atoms with Crippen LogP contribution in [-0.2, 0) is 16.0 Å². The van der Waals surface area contributed by atoms with E-state index in [0.29, 0.717) is 28.0 Å². The van der Waals surface area contributed by atoms with E-state index < -0.39 is 12.1 Å². The van der Waals surface area contributed by atoms with Crippen molar-refractivity contribution in [2.45, 2.75) is 19.4 Å². The number of hydrogen-bond donors (Lipinski definition) is 1. The number of ether oxygens (including phenoxy) is 3. The summed E-state index contributed by atoms with van der Waals surface area (Å²) in [6, 6.07) is 1.62. The van der Waals surface area contributed by atoms with Gasteiger partial charge in [-0.05, 0) is 39.5 Å². The average Bonchev–Trinajstić information content (AvgIpc) is 2.85. The van der Waals surface area contributed by atoms with Crippen molar-refractivity contribution in [1.82, 2.24) is 0 Å². The highest BCUT2D eigenvalue weighted by molar-refractivity contribution is 9.10. The molecule has 6 heteroatoms. The van der Waals surface area contributed by atoms with Crippen LogP contribution in [0.1, 0.15) is 24.2 Å². The second-order valence-corrected chi connectivity index (χ2v) is 4.56. The van der Waals surface area contributed by atoms with Crippen molar-refractivity contribution in [2.24, 2.45) is 0 Å². The molecule has 98 valence electrons. The molecule has 0 saturated heterocycles. The number of fused-ring (bicyclic) bond motifs is 1. The Labute approximate surface area is 113 Å². The standard InChI is InChI=1S/C12H13BrO5/c1-3-6-7(10(14)12(15)16-2)4-8-11(9(6)13)18-5-17-8/h4,10,14H,3,5H2,1-2H3. The largest absolute Gasteiger partial charge is 0.467 e. The minimum absolute atomic E-state index is 0.134. The number of hydrogen-bond acceptors (Lipinski definition) is 5. The van der Waals surface area contributed by atoms with Crippen molar-refractivity contribution in [1.29, 1.82) is 0 Å². The van der Waals surface area contributed by atoms with Crippen LogP contribution >= 0.6 is 15.9 Å². The fourth-order valence-electron chi connectivity index (χ4n) is 1.90. The first-order chi connectivity index (χ1) is 8.60. The summed E-state index contributed by atoms with van der Waals surface area (Å²) in [7, 11) is 1.24. The lowest BCUT2D eigenvalue weighted by Crippen LogP contribution is -2.15. The predicted octanol–water partition coefficient (Wildman–Crippen LogP) is 1.95. The molecular weight excluding hydrogens is 304 g/mol. The number of benzene rings is 1. The van der Waals surface area contributed by atoms with E-state index >= 15 is 0 Å². The molecule has 1 unspecified atom stereocenters. The second kappa shape index (κ2) is 5.16. The van der Waals surface area contributed by atoms with Crippen LogP contribution in [0, 0.1) is 0 Å². The molecule has 1 aromatic rings. The molecule has 0 bridgehead atoms. The number of aliphatic hydroxyl groups is 1. The van der Waals surface area contributed by atoms with Gasteiger partial charge in [0.1, 0.15) is 0 Å². The van der Waals surface area contributed by atoms with Gasteiger partial charge in [0.15, 0.2) is 17.6 Å². The number of esters is 1. The number of halogens is 1. The summed E-state index contributed by atoms with van der Waals surface area (Å²) in [5.74, 6) is 0.417. The van der Waals surface area contributed by atoms with Crippen molar-refractivity contribution in [3.63, 3.8) is 0 Å². The van der Waals surface area contributed by atoms with E-state index in [1.54, 1.807) is 6.07 Å². The van der Waals surface area contributed by atoms with Crippen LogP contribution < -0.4 is 9.47 Å². The predicted molar refractivity (Wildman–Crippen MR) is 66.6 cm³/mol. The third kappa shape index (κ3) is 2.06. The van der Waals surface area contributed by atoms with E-state index in [-0.39, 0.29) is 6.79 Å². The highest BCUT2D eigenvalue weighted by Crippen LogP contribution is 2.44. The van der Waals surface area contributed by atoms with Gasteiger partial charge < -0.3 is 19.3 Å². The summed E-state index contributed by atoms with van der Waals surface area (Å²) >= 11 is 3.41. The molecule has 0 aromatic heterocycles. The maximum absolute atomic E-state index is 11.4. The summed E-state index contributed by atoms with van der Waals surface area (Å²) in [5.41, 5.74) is 1.28. The first-order valence-corrected chi connectivity index (χ1v) is 6.26. The van der Waals surface area contributed by atoms with Crippen molar-refractivity contribution < 1.29 is 24.1 Å². The van der Waals surface area contributed by atoms with Crippen LogP contribution in [0.2, 0.25) is 0 Å². The van der Waals surface area contributed by atoms with E-state index in [2.05, 4.69) is 20.7 Å². The van der Waals surface area contributed by atoms with Crippen LogP contribution in [0.4, 0.5) is 0 Å². The van der Waals surface area contributed by atoms with Gasteiger partial charge in [-0.2, -0.15) is 0 Å². The van der Waals surface area contributed by atoms with Crippen LogP contribution in [0.15, 0.2) is 10.5 Å². The maximum atomic E-state index is 11.4. The number of carbonyl (C=O) groups excluding carboxylic acids is 1. The minimum Gasteiger partial charge on any atom is -0.467 e. The lowest BCUT2D eigenvalue weighted by Gasteiger charge is -2.15. The van der Waals surface area contributed by atoms with Crippen LogP contribution in [0.5, 0.6) is 11.5 Å². The van der Waals surface area contributed by atoms with Gasteiger partial charge in [0.25, 0.3) is 0 Å². The maximum Gasteiger partial charge on any atom is 0.339 e. The summed E-state index contributed by atoms with van der Waals surface area (Å²) in [4.78, 5) is 11.4. The number of carbonyl (C=O) groups is 1. The third-order valence-corrected chi connectivity index (χ3v) is 3.65. The SMILES string of the molecule is CCc1c(C(O)C(=O)OC)cc2c(c1Br)OCO2. The molecule has 0 saturated carbocycles. The Balaban J connectivity index is 2.53. The molecule has 0 spiro atoms. The van der Waals surface area contributed by atoms with Crippen molar-refractivity contribution in [3.8, 4) is 11.5 Å². The molecule has 2 rings (SSSR count). The van der Waals surface area contributed by atoms with Crippen LogP contribution in [0.3, 0.4) is 0 Å². The Kier molecular flexibility index (Phi) is 3.77. The molecule has 1 N–H and O–H groups in total. The van der Waals surface area contributed by atoms with Gasteiger partial charge in [-0.3, -0.25) is 0 Å². The van der Waals surface area contributed by atoms with Gasteiger partial charge in [0.2, 0.25) is 6.79 Å². The second-order valence-electron chi connectivity index (χ2n) is 3.77. The number of rotatable bonds is 3. The molecule has 0 aliphatic carbocycles. The highest BCUT2D eigenvalue weighted by Gasteiger charge is 2.28. The van der Waals surface area contributed by atoms with E-state index in [1.807, 2.05) is 6.92 Å². The molecule has 1 atom stereocenters. The van der Waals surface area contributed by atoms with E-state index in [4.69, 9.17) is 9.47 Å². The summed E-state index contributed by atoms with van der Waals surface area (Å²) < 4.78 is 15.8. The Morgan fingerprint density at radius 1 is 1.61 bits per heavy atom. The molecular formula is C12H13BrO5. The highest BCUT2D eigenvalue weighted by atomic mass is 79.9. The van der Waals surface area contributed by atoms with E-state index in [1.165, 1.54) is 7.11 Å². The third-order valence-electron chi connectivity index (χ3n) is 2.81. The topological polar surface area (TPSA) is 65.0 Å². The van der Waals surface area contributed by atoms with Gasteiger partial charge in [-0.1, -0.05) is 6.92 Å². The molecule has 1 aliphatic rings. The van der Waals surface area contributed by atoms with Crippen molar-refractivity contribution in [3.05, 3.63) is 21.7 Å². The number of methoxy groups -OCH3 is 1. The fourth-order valence-corrected chi connectivity index (χ4v) is 2.72. The van der Waals surface area contributed by atoms with E-state index in [9.17, 15) is 9.90 Å². The first-order valence-electron chi connectivity index (χ1n) is 5.46. The smallest absolute Gasteiger partial charge is 0.339 e. The van der Waals surface area contributed by atoms with Crippen LogP contribution in [0.25, 0.3) is 0 Å². The zero-order chi connectivity index (χ0) is 13.3. The molecule has 18 heavy (non-hydrogen) atoms. The number of aliphatic hydroxyl groups excluding tert-OH is 1. The average molecular weight is 317 g/mol.